The van der Waals surface area contributed by atoms with Crippen LogP contribution in [0.25, 0.3) is 16.6 Å². The van der Waals surface area contributed by atoms with E-state index in [4.69, 9.17) is 0 Å². The summed E-state index contributed by atoms with van der Waals surface area (Å²) in [7, 11) is 1.80. The van der Waals surface area contributed by atoms with Crippen molar-refractivity contribution in [2.24, 2.45) is 4.99 Å². The normalized spacial score (nSPS) is 11.7. The van der Waals surface area contributed by atoms with Crippen LogP contribution >= 0.6 is 0 Å². The van der Waals surface area contributed by atoms with Crippen molar-refractivity contribution in [1.82, 2.24) is 25.4 Å². The highest BCUT2D eigenvalue weighted by Gasteiger charge is 2.06. The molecule has 0 spiro atoms. The van der Waals surface area contributed by atoms with E-state index in [9.17, 15) is 0 Å². The number of aromatic nitrogens is 3. The van der Waals surface area contributed by atoms with Crippen molar-refractivity contribution in [3.63, 3.8) is 0 Å². The molecule has 0 fully saturated rings. The first-order valence-electron chi connectivity index (χ1n) is 9.83. The zero-order chi connectivity index (χ0) is 20.1. The first-order chi connectivity index (χ1) is 14.2. The van der Waals surface area contributed by atoms with E-state index in [0.29, 0.717) is 6.54 Å². The topological polar surface area (TPSA) is 70.0 Å². The summed E-state index contributed by atoms with van der Waals surface area (Å²) in [6, 6.07) is 16.7. The Hall–Kier alpha value is -3.54. The number of aromatic amines is 1. The maximum atomic E-state index is 4.34. The van der Waals surface area contributed by atoms with Crippen LogP contribution in [0.3, 0.4) is 0 Å². The van der Waals surface area contributed by atoms with Crippen LogP contribution in [0.1, 0.15) is 16.7 Å². The minimum atomic E-state index is 0.695. The lowest BCUT2D eigenvalue weighted by Gasteiger charge is -2.12. The second kappa shape index (κ2) is 8.65. The molecule has 0 saturated carbocycles. The number of nitrogens with zero attached hydrogens (tertiary/aromatic N) is 3. The summed E-state index contributed by atoms with van der Waals surface area (Å²) >= 11 is 0. The van der Waals surface area contributed by atoms with Gasteiger partial charge in [-0.2, -0.15) is 5.10 Å². The fraction of sp³-hybridized carbons (Fsp3) is 0.217. The monoisotopic (exact) mass is 386 g/mol. The minimum absolute atomic E-state index is 0.695. The first kappa shape index (κ1) is 18.8. The maximum absolute atomic E-state index is 4.34. The van der Waals surface area contributed by atoms with Crippen LogP contribution < -0.4 is 10.6 Å². The summed E-state index contributed by atoms with van der Waals surface area (Å²) < 4.78 is 1.86. The highest BCUT2D eigenvalue weighted by Crippen LogP contribution is 2.21. The molecule has 0 bridgehead atoms. The van der Waals surface area contributed by atoms with Crippen molar-refractivity contribution < 1.29 is 0 Å². The Balaban J connectivity index is 1.32. The van der Waals surface area contributed by atoms with Gasteiger partial charge in [-0.3, -0.25) is 4.99 Å². The zero-order valence-corrected chi connectivity index (χ0v) is 16.8. The third-order valence-corrected chi connectivity index (χ3v) is 5.06. The van der Waals surface area contributed by atoms with Gasteiger partial charge in [0.2, 0.25) is 0 Å². The molecule has 3 N–H and O–H groups in total. The fourth-order valence-corrected chi connectivity index (χ4v) is 3.52. The van der Waals surface area contributed by atoms with Crippen LogP contribution in [0.2, 0.25) is 0 Å². The molecule has 148 valence electrons. The molecule has 2 aromatic heterocycles. The first-order valence-corrected chi connectivity index (χ1v) is 9.83. The van der Waals surface area contributed by atoms with Crippen LogP contribution in [-0.4, -0.2) is 34.3 Å². The molecular formula is C23H26N6. The molecule has 0 saturated heterocycles. The second-order valence-electron chi connectivity index (χ2n) is 7.03. The largest absolute Gasteiger partial charge is 0.361 e. The lowest BCUT2D eigenvalue weighted by Crippen LogP contribution is -2.37. The highest BCUT2D eigenvalue weighted by atomic mass is 15.3. The molecule has 0 unspecified atom stereocenters. The van der Waals surface area contributed by atoms with Crippen LogP contribution in [-0.2, 0) is 13.0 Å². The Morgan fingerprint density at radius 2 is 2.03 bits per heavy atom. The van der Waals surface area contributed by atoms with Crippen LogP contribution in [0.15, 0.2) is 72.1 Å². The number of hydrogen-bond acceptors (Lipinski definition) is 2. The van der Waals surface area contributed by atoms with E-state index in [1.54, 1.807) is 13.2 Å². The number of rotatable bonds is 6. The highest BCUT2D eigenvalue weighted by molar-refractivity contribution is 5.86. The van der Waals surface area contributed by atoms with E-state index in [1.165, 1.54) is 27.6 Å². The van der Waals surface area contributed by atoms with E-state index < -0.39 is 0 Å². The molecule has 0 radical (unpaired) electrons. The average Bonchev–Trinajstić information content (AvgIpc) is 3.42. The molecular weight excluding hydrogens is 360 g/mol. The Morgan fingerprint density at radius 1 is 1.14 bits per heavy atom. The van der Waals surface area contributed by atoms with Gasteiger partial charge in [-0.1, -0.05) is 30.3 Å². The van der Waals surface area contributed by atoms with Crippen molar-refractivity contribution in [3.05, 3.63) is 83.8 Å². The molecule has 6 heteroatoms. The van der Waals surface area contributed by atoms with Crippen molar-refractivity contribution in [2.75, 3.05) is 13.6 Å². The molecule has 29 heavy (non-hydrogen) atoms. The maximum Gasteiger partial charge on any atom is 0.191 e. The van der Waals surface area contributed by atoms with Crippen molar-refractivity contribution in [3.8, 4) is 5.69 Å². The van der Waals surface area contributed by atoms with Gasteiger partial charge in [0.25, 0.3) is 0 Å². The van der Waals surface area contributed by atoms with E-state index in [2.05, 4.69) is 69.2 Å². The second-order valence-corrected chi connectivity index (χ2v) is 7.03. The molecule has 6 nitrogen and oxygen atoms in total. The van der Waals surface area contributed by atoms with Gasteiger partial charge in [-0.05, 0) is 48.2 Å². The average molecular weight is 387 g/mol. The Labute approximate surface area is 170 Å². The number of nitrogens with one attached hydrogen (secondary N) is 3. The zero-order valence-electron chi connectivity index (χ0n) is 16.8. The third-order valence-electron chi connectivity index (χ3n) is 5.06. The summed E-state index contributed by atoms with van der Waals surface area (Å²) in [5.74, 6) is 0.797. The minimum Gasteiger partial charge on any atom is -0.361 e. The van der Waals surface area contributed by atoms with Gasteiger partial charge >= 0.3 is 0 Å². The van der Waals surface area contributed by atoms with Gasteiger partial charge in [-0.15, -0.1) is 0 Å². The fourth-order valence-electron chi connectivity index (χ4n) is 3.52. The predicted octanol–water partition coefficient (Wildman–Crippen LogP) is 3.57. The molecule has 0 aliphatic carbocycles. The lowest BCUT2D eigenvalue weighted by molar-refractivity contribution is 0.794. The van der Waals surface area contributed by atoms with Gasteiger partial charge in [0.15, 0.2) is 5.96 Å². The van der Waals surface area contributed by atoms with Gasteiger partial charge < -0.3 is 15.6 Å². The number of H-pyrrole nitrogens is 1. The molecule has 4 aromatic rings. The molecule has 0 atom stereocenters. The number of fused-ring (bicyclic) bond motifs is 1. The van der Waals surface area contributed by atoms with Gasteiger partial charge in [0.1, 0.15) is 0 Å². The third kappa shape index (κ3) is 4.32. The Morgan fingerprint density at radius 3 is 2.86 bits per heavy atom. The van der Waals surface area contributed by atoms with E-state index in [1.807, 2.05) is 29.1 Å². The molecule has 0 amide bonds. The number of hydrogen-bond donors (Lipinski definition) is 3. The SMILES string of the molecule is CN=C(NCCc1c[nH]c2c(C)cccc12)NCc1cccc(-n2cccn2)c1. The summed E-state index contributed by atoms with van der Waals surface area (Å²) in [4.78, 5) is 7.73. The number of aryl methyl sites for hydroxylation is 1. The van der Waals surface area contributed by atoms with Gasteiger partial charge in [0.05, 0.1) is 5.69 Å². The molecule has 0 aliphatic heterocycles. The number of para-hydroxylation sites is 1. The number of benzene rings is 2. The predicted molar refractivity (Wildman–Crippen MR) is 119 cm³/mol. The molecule has 4 rings (SSSR count). The Kier molecular flexibility index (Phi) is 5.61. The number of aliphatic imine (C=N–C) groups is 1. The molecule has 2 aromatic carbocycles. The van der Waals surface area contributed by atoms with Crippen LogP contribution in [0.5, 0.6) is 0 Å². The van der Waals surface area contributed by atoms with E-state index >= 15 is 0 Å². The smallest absolute Gasteiger partial charge is 0.191 e. The number of guanidine groups is 1. The summed E-state index contributed by atoms with van der Waals surface area (Å²) in [6.45, 7) is 3.64. The summed E-state index contributed by atoms with van der Waals surface area (Å²) in [5.41, 5.74) is 6.04. The standard InChI is InChI=1S/C23H26N6/c1-17-6-3-9-21-19(16-26-22(17)21)10-12-25-23(24-2)27-15-18-7-4-8-20(14-18)29-13-5-11-28-29/h3-9,11,13-14,16,26H,10,12,15H2,1-2H3,(H2,24,25,27). The van der Waals surface area contributed by atoms with E-state index in [-0.39, 0.29) is 0 Å². The lowest BCUT2D eigenvalue weighted by atomic mass is 10.1. The summed E-state index contributed by atoms with van der Waals surface area (Å²) in [5, 5.41) is 12.4. The molecule has 0 aliphatic rings. The van der Waals surface area contributed by atoms with Crippen LogP contribution in [0, 0.1) is 6.92 Å². The quantitative estimate of drug-likeness (QED) is 0.350. The van der Waals surface area contributed by atoms with Crippen molar-refractivity contribution in [2.45, 2.75) is 19.9 Å². The van der Waals surface area contributed by atoms with Crippen molar-refractivity contribution >= 4 is 16.9 Å². The van der Waals surface area contributed by atoms with Crippen molar-refractivity contribution in [1.29, 1.82) is 0 Å². The van der Waals surface area contributed by atoms with Gasteiger partial charge in [-0.25, -0.2) is 4.68 Å². The molecule has 2 heterocycles. The Bertz CT molecular complexity index is 1110. The van der Waals surface area contributed by atoms with Crippen LogP contribution in [0.4, 0.5) is 0 Å². The van der Waals surface area contributed by atoms with E-state index in [0.717, 1.165) is 24.6 Å². The van der Waals surface area contributed by atoms with Gasteiger partial charge in [0, 0.05) is 49.6 Å². The summed E-state index contributed by atoms with van der Waals surface area (Å²) in [6.07, 6.45) is 6.76.